The Morgan fingerprint density at radius 3 is 2.05 bits per heavy atom. The molecule has 7 heteroatoms. The van der Waals surface area contributed by atoms with E-state index in [2.05, 4.69) is 4.72 Å². The molecule has 0 heterocycles. The number of rotatable bonds is 3. The molecular weight excluding hydrogens is 279 g/mol. The Hall–Kier alpha value is -2.02. The van der Waals surface area contributed by atoms with Crippen LogP contribution < -0.4 is 4.72 Å². The van der Waals surface area contributed by atoms with Gasteiger partial charge in [0, 0.05) is 6.07 Å². The summed E-state index contributed by atoms with van der Waals surface area (Å²) in [6, 6.07) is 6.71. The monoisotopic (exact) mass is 287 g/mol. The number of hydrogen-bond donors (Lipinski definition) is 1. The van der Waals surface area contributed by atoms with Crippen molar-refractivity contribution in [2.24, 2.45) is 0 Å². The molecule has 3 nitrogen and oxygen atoms in total. The minimum atomic E-state index is -3.97. The quantitative estimate of drug-likeness (QED) is 0.943. The average molecular weight is 287 g/mol. The Balaban J connectivity index is 2.30. The van der Waals surface area contributed by atoms with Crippen molar-refractivity contribution in [1.29, 1.82) is 0 Å². The highest BCUT2D eigenvalue weighted by Gasteiger charge is 2.15. The number of anilines is 1. The van der Waals surface area contributed by atoms with Crippen molar-refractivity contribution in [2.75, 3.05) is 4.72 Å². The van der Waals surface area contributed by atoms with Gasteiger partial charge in [-0.15, -0.1) is 0 Å². The third-order valence-electron chi connectivity index (χ3n) is 2.30. The highest BCUT2D eigenvalue weighted by Crippen LogP contribution is 2.18. The summed E-state index contributed by atoms with van der Waals surface area (Å²) < 4.78 is 64.1. The van der Waals surface area contributed by atoms with Crippen LogP contribution in [0.15, 0.2) is 47.4 Å². The van der Waals surface area contributed by atoms with Gasteiger partial charge in [0.25, 0.3) is 10.0 Å². The molecule has 1 N–H and O–H groups in total. The predicted molar refractivity (Wildman–Crippen MR) is 63.6 cm³/mol. The van der Waals surface area contributed by atoms with Crippen LogP contribution in [0.2, 0.25) is 0 Å². The Labute approximate surface area is 107 Å². The smallest absolute Gasteiger partial charge is 0.261 e. The highest BCUT2D eigenvalue weighted by molar-refractivity contribution is 7.92. The van der Waals surface area contributed by atoms with Gasteiger partial charge in [-0.2, -0.15) is 0 Å². The summed E-state index contributed by atoms with van der Waals surface area (Å²) in [5, 5.41) is 0. The number of hydrogen-bond acceptors (Lipinski definition) is 2. The summed E-state index contributed by atoms with van der Waals surface area (Å²) in [6.07, 6.45) is 0. The SMILES string of the molecule is O=S(=O)(Nc1ccc(F)c(F)c1)c1ccc(F)cc1. The average Bonchev–Trinajstić information content (AvgIpc) is 2.34. The first kappa shape index (κ1) is 13.4. The van der Waals surface area contributed by atoms with Gasteiger partial charge in [0.1, 0.15) is 5.82 Å². The van der Waals surface area contributed by atoms with Gasteiger partial charge in [-0.05, 0) is 36.4 Å². The molecule has 0 fully saturated rings. The van der Waals surface area contributed by atoms with Crippen molar-refractivity contribution in [3.05, 3.63) is 59.9 Å². The van der Waals surface area contributed by atoms with Crippen LogP contribution in [0.4, 0.5) is 18.9 Å². The molecule has 0 aliphatic rings. The molecule has 19 heavy (non-hydrogen) atoms. The molecule has 0 spiro atoms. The lowest BCUT2D eigenvalue weighted by Gasteiger charge is -2.08. The van der Waals surface area contributed by atoms with E-state index in [9.17, 15) is 21.6 Å². The van der Waals surface area contributed by atoms with Gasteiger partial charge < -0.3 is 0 Å². The molecule has 2 rings (SSSR count). The van der Waals surface area contributed by atoms with Crippen LogP contribution in [-0.4, -0.2) is 8.42 Å². The Morgan fingerprint density at radius 2 is 1.47 bits per heavy atom. The predicted octanol–water partition coefficient (Wildman–Crippen LogP) is 2.90. The van der Waals surface area contributed by atoms with Crippen LogP contribution in [-0.2, 0) is 10.0 Å². The molecule has 0 saturated carbocycles. The lowest BCUT2D eigenvalue weighted by molar-refractivity contribution is 0.509. The minimum absolute atomic E-state index is 0.122. The summed E-state index contributed by atoms with van der Waals surface area (Å²) >= 11 is 0. The lowest BCUT2D eigenvalue weighted by atomic mass is 10.3. The zero-order chi connectivity index (χ0) is 14.0. The van der Waals surface area contributed by atoms with Gasteiger partial charge in [-0.1, -0.05) is 0 Å². The van der Waals surface area contributed by atoms with Gasteiger partial charge in [-0.25, -0.2) is 21.6 Å². The van der Waals surface area contributed by atoms with Gasteiger partial charge in [0.05, 0.1) is 10.6 Å². The van der Waals surface area contributed by atoms with E-state index in [1.807, 2.05) is 0 Å². The van der Waals surface area contributed by atoms with Gasteiger partial charge >= 0.3 is 0 Å². The molecule has 0 bridgehead atoms. The van der Waals surface area contributed by atoms with E-state index >= 15 is 0 Å². The Kier molecular flexibility index (Phi) is 3.48. The minimum Gasteiger partial charge on any atom is -0.280 e. The molecule has 2 aromatic rings. The maximum atomic E-state index is 13.0. The standard InChI is InChI=1S/C12H8F3NO2S/c13-8-1-4-10(5-2-8)19(17,18)16-9-3-6-11(14)12(15)7-9/h1-7,16H. The zero-order valence-corrected chi connectivity index (χ0v) is 10.2. The maximum Gasteiger partial charge on any atom is 0.261 e. The van der Waals surface area contributed by atoms with Crippen LogP contribution >= 0.6 is 0 Å². The van der Waals surface area contributed by atoms with E-state index in [4.69, 9.17) is 0 Å². The van der Waals surface area contributed by atoms with Crippen molar-refractivity contribution in [3.8, 4) is 0 Å². The highest BCUT2D eigenvalue weighted by atomic mass is 32.2. The largest absolute Gasteiger partial charge is 0.280 e. The Morgan fingerprint density at radius 1 is 0.842 bits per heavy atom. The maximum absolute atomic E-state index is 13.0. The van der Waals surface area contributed by atoms with E-state index in [-0.39, 0.29) is 10.6 Å². The topological polar surface area (TPSA) is 46.2 Å². The second-order valence-electron chi connectivity index (χ2n) is 3.69. The third kappa shape index (κ3) is 3.05. The first-order valence-corrected chi connectivity index (χ1v) is 6.60. The van der Waals surface area contributed by atoms with E-state index in [1.165, 1.54) is 0 Å². The number of halogens is 3. The number of benzene rings is 2. The molecular formula is C12H8F3NO2S. The zero-order valence-electron chi connectivity index (χ0n) is 9.40. The van der Waals surface area contributed by atoms with Crippen molar-refractivity contribution in [2.45, 2.75) is 4.90 Å². The normalized spacial score (nSPS) is 11.3. The Bertz CT molecular complexity index is 699. The molecule has 0 saturated heterocycles. The summed E-state index contributed by atoms with van der Waals surface area (Å²) in [6.45, 7) is 0. The lowest BCUT2D eigenvalue weighted by Crippen LogP contribution is -2.13. The second-order valence-corrected chi connectivity index (χ2v) is 5.37. The van der Waals surface area contributed by atoms with Crippen LogP contribution in [0.25, 0.3) is 0 Å². The van der Waals surface area contributed by atoms with Crippen molar-refractivity contribution in [1.82, 2.24) is 0 Å². The fourth-order valence-electron chi connectivity index (χ4n) is 1.39. The van der Waals surface area contributed by atoms with Crippen LogP contribution in [0.5, 0.6) is 0 Å². The number of nitrogens with one attached hydrogen (secondary N) is 1. The summed E-state index contributed by atoms with van der Waals surface area (Å²) in [4.78, 5) is -0.182. The first-order chi connectivity index (χ1) is 8.88. The van der Waals surface area contributed by atoms with Gasteiger partial charge in [-0.3, -0.25) is 4.72 Å². The van der Waals surface area contributed by atoms with E-state index in [0.29, 0.717) is 0 Å². The van der Waals surface area contributed by atoms with E-state index in [1.54, 1.807) is 0 Å². The van der Waals surface area contributed by atoms with Crippen LogP contribution in [0.1, 0.15) is 0 Å². The molecule has 0 aromatic heterocycles. The molecule has 0 radical (unpaired) electrons. The van der Waals surface area contributed by atoms with Gasteiger partial charge in [0.2, 0.25) is 0 Å². The fourth-order valence-corrected chi connectivity index (χ4v) is 2.44. The van der Waals surface area contributed by atoms with E-state index < -0.39 is 27.5 Å². The van der Waals surface area contributed by atoms with E-state index in [0.717, 1.165) is 42.5 Å². The number of sulfonamides is 1. The third-order valence-corrected chi connectivity index (χ3v) is 3.69. The molecule has 0 atom stereocenters. The second kappa shape index (κ2) is 4.93. The van der Waals surface area contributed by atoms with Crippen molar-refractivity contribution in [3.63, 3.8) is 0 Å². The van der Waals surface area contributed by atoms with Crippen molar-refractivity contribution < 1.29 is 21.6 Å². The fraction of sp³-hybridized carbons (Fsp3) is 0. The first-order valence-electron chi connectivity index (χ1n) is 5.12. The molecule has 100 valence electrons. The summed E-state index contributed by atoms with van der Waals surface area (Å²) in [7, 11) is -3.97. The van der Waals surface area contributed by atoms with Crippen LogP contribution in [0.3, 0.4) is 0 Å². The molecule has 0 amide bonds. The molecule has 0 aliphatic heterocycles. The molecule has 0 unspecified atom stereocenters. The molecule has 0 aliphatic carbocycles. The summed E-state index contributed by atoms with van der Waals surface area (Å²) in [5.74, 6) is -2.82. The van der Waals surface area contributed by atoms with Gasteiger partial charge in [0.15, 0.2) is 11.6 Å². The van der Waals surface area contributed by atoms with Crippen molar-refractivity contribution >= 4 is 15.7 Å². The van der Waals surface area contributed by atoms with Crippen LogP contribution in [0, 0.1) is 17.5 Å². The summed E-state index contributed by atoms with van der Waals surface area (Å²) in [5.41, 5.74) is -0.122. The molecule has 2 aromatic carbocycles.